The summed E-state index contributed by atoms with van der Waals surface area (Å²) in [4.78, 5) is 48.6. The van der Waals surface area contributed by atoms with Crippen molar-refractivity contribution in [3.63, 3.8) is 0 Å². The molecule has 4 aliphatic rings. The number of esters is 2. The fraction of sp³-hybridized carbons (Fsp3) is 0.615. The summed E-state index contributed by atoms with van der Waals surface area (Å²) in [5, 5.41) is 0. The van der Waals surface area contributed by atoms with Gasteiger partial charge in [0.1, 0.15) is 35.6 Å². The van der Waals surface area contributed by atoms with Crippen LogP contribution in [0.2, 0.25) is 0 Å². The van der Waals surface area contributed by atoms with E-state index in [1.807, 2.05) is 24.3 Å². The number of benzene rings is 1. The van der Waals surface area contributed by atoms with Crippen LogP contribution < -0.4 is 0 Å². The molecule has 2 unspecified atom stereocenters. The fourth-order valence-corrected chi connectivity index (χ4v) is 6.15. The quantitative estimate of drug-likeness (QED) is 0.493. The van der Waals surface area contributed by atoms with E-state index in [-0.39, 0.29) is 42.7 Å². The van der Waals surface area contributed by atoms with Gasteiger partial charge in [0.2, 0.25) is 0 Å². The second-order valence-corrected chi connectivity index (χ2v) is 10.1. The van der Waals surface area contributed by atoms with Gasteiger partial charge in [0, 0.05) is 12.3 Å². The molecule has 2 heterocycles. The number of carbonyl (C=O) groups is 4. The van der Waals surface area contributed by atoms with Gasteiger partial charge < -0.3 is 9.47 Å². The summed E-state index contributed by atoms with van der Waals surface area (Å²) in [6, 6.07) is 7.97. The Morgan fingerprint density at radius 2 is 1.38 bits per heavy atom. The zero-order valence-corrected chi connectivity index (χ0v) is 18.4. The molecule has 2 saturated heterocycles. The second-order valence-electron chi connectivity index (χ2n) is 10.1. The van der Waals surface area contributed by atoms with E-state index < -0.39 is 23.1 Å². The molecule has 4 fully saturated rings. The van der Waals surface area contributed by atoms with E-state index >= 15 is 0 Å². The number of aryl methyl sites for hydroxylation is 1. The number of hydrogen-bond acceptors (Lipinski definition) is 6. The summed E-state index contributed by atoms with van der Waals surface area (Å²) in [5.41, 5.74) is 0.471. The molecule has 32 heavy (non-hydrogen) atoms. The smallest absolute Gasteiger partial charge is 0.314 e. The first-order valence-electron chi connectivity index (χ1n) is 12.0. The number of ketones is 2. The molecular formula is C26H30O6. The summed E-state index contributed by atoms with van der Waals surface area (Å²) in [7, 11) is 0. The van der Waals surface area contributed by atoms with Gasteiger partial charge in [0.05, 0.1) is 6.42 Å². The minimum absolute atomic E-state index is 0.0151. The van der Waals surface area contributed by atoms with Crippen molar-refractivity contribution in [2.75, 3.05) is 0 Å². The maximum atomic E-state index is 12.3. The van der Waals surface area contributed by atoms with Crippen LogP contribution in [-0.2, 0) is 40.7 Å². The fourth-order valence-electron chi connectivity index (χ4n) is 6.15. The molecule has 0 amide bonds. The highest BCUT2D eigenvalue weighted by molar-refractivity contribution is 5.99. The average Bonchev–Trinajstić information content (AvgIpc) is 3.45. The third-order valence-corrected chi connectivity index (χ3v) is 7.87. The van der Waals surface area contributed by atoms with Crippen LogP contribution in [-0.4, -0.2) is 29.1 Å². The first-order chi connectivity index (χ1) is 15.4. The van der Waals surface area contributed by atoms with Crippen LogP contribution in [0.15, 0.2) is 24.3 Å². The van der Waals surface area contributed by atoms with E-state index in [1.165, 1.54) is 0 Å². The van der Waals surface area contributed by atoms with Crippen molar-refractivity contribution in [3.05, 3.63) is 35.4 Å². The van der Waals surface area contributed by atoms with Crippen LogP contribution in [0.5, 0.6) is 0 Å². The van der Waals surface area contributed by atoms with Gasteiger partial charge in [-0.1, -0.05) is 37.1 Å². The molecule has 2 aliphatic carbocycles. The van der Waals surface area contributed by atoms with Crippen LogP contribution in [0.25, 0.3) is 0 Å². The van der Waals surface area contributed by atoms with Crippen LogP contribution in [0.1, 0.15) is 81.8 Å². The van der Waals surface area contributed by atoms with Crippen molar-refractivity contribution in [2.45, 2.75) is 88.3 Å². The number of Topliss-reactive ketones (excluding diaryl/α,β-unsaturated/α-hetero) is 2. The zero-order valence-electron chi connectivity index (χ0n) is 18.4. The van der Waals surface area contributed by atoms with Gasteiger partial charge >= 0.3 is 11.9 Å². The van der Waals surface area contributed by atoms with Crippen molar-refractivity contribution in [1.82, 2.24) is 0 Å². The Hall–Kier alpha value is -2.50. The van der Waals surface area contributed by atoms with Gasteiger partial charge in [0.15, 0.2) is 0 Å². The number of carbonyl (C=O) groups excluding carboxylic acids is 4. The van der Waals surface area contributed by atoms with Crippen LogP contribution in [0.4, 0.5) is 0 Å². The van der Waals surface area contributed by atoms with E-state index in [4.69, 9.17) is 9.47 Å². The molecule has 2 aliphatic heterocycles. The maximum Gasteiger partial charge on any atom is 0.314 e. The van der Waals surface area contributed by atoms with Crippen LogP contribution in [0, 0.1) is 11.8 Å². The monoisotopic (exact) mass is 438 g/mol. The van der Waals surface area contributed by atoms with E-state index in [0.717, 1.165) is 49.7 Å². The molecule has 6 heteroatoms. The standard InChI is InChI=1S/C26H30O6/c27-21-13-23(29)31-25(15-21,18-3-1-2-4-18)12-11-17-5-7-19(8-6-17)26(20-9-10-20)16-22(28)14-24(30)32-26/h5-8,18,20H,1-4,9-16H2. The Balaban J connectivity index is 1.34. The van der Waals surface area contributed by atoms with Gasteiger partial charge in [-0.2, -0.15) is 0 Å². The summed E-state index contributed by atoms with van der Waals surface area (Å²) in [6.45, 7) is 0. The number of cyclic esters (lactones) is 2. The maximum absolute atomic E-state index is 12.3. The highest BCUT2D eigenvalue weighted by Crippen LogP contribution is 2.52. The molecule has 0 N–H and O–H groups in total. The predicted octanol–water partition coefficient (Wildman–Crippen LogP) is 3.97. The molecule has 1 aromatic carbocycles. The largest absolute Gasteiger partial charge is 0.458 e. The first-order valence-corrected chi connectivity index (χ1v) is 12.0. The highest BCUT2D eigenvalue weighted by atomic mass is 16.6. The molecule has 2 saturated carbocycles. The van der Waals surface area contributed by atoms with E-state index in [9.17, 15) is 19.2 Å². The van der Waals surface area contributed by atoms with Crippen molar-refractivity contribution < 1.29 is 28.7 Å². The van der Waals surface area contributed by atoms with E-state index in [0.29, 0.717) is 19.3 Å². The Labute approximate surface area is 188 Å². The summed E-state index contributed by atoms with van der Waals surface area (Å²) >= 11 is 0. The predicted molar refractivity (Wildman–Crippen MR) is 115 cm³/mol. The van der Waals surface area contributed by atoms with Crippen molar-refractivity contribution in [2.24, 2.45) is 11.8 Å². The lowest BCUT2D eigenvalue weighted by Gasteiger charge is -2.41. The molecule has 0 bridgehead atoms. The van der Waals surface area contributed by atoms with Crippen molar-refractivity contribution >= 4 is 23.5 Å². The number of rotatable bonds is 6. The van der Waals surface area contributed by atoms with Gasteiger partial charge in [-0.05, 0) is 55.6 Å². The van der Waals surface area contributed by atoms with Crippen molar-refractivity contribution in [1.29, 1.82) is 0 Å². The molecule has 2 atom stereocenters. The lowest BCUT2D eigenvalue weighted by Crippen LogP contribution is -2.48. The molecule has 0 aromatic heterocycles. The Kier molecular flexibility index (Phi) is 5.42. The molecule has 6 nitrogen and oxygen atoms in total. The van der Waals surface area contributed by atoms with Crippen molar-refractivity contribution in [3.8, 4) is 0 Å². The van der Waals surface area contributed by atoms with E-state index in [1.54, 1.807) is 0 Å². The van der Waals surface area contributed by atoms with Gasteiger partial charge in [0.25, 0.3) is 0 Å². The normalized spacial score (nSPS) is 31.5. The minimum atomic E-state index is -0.818. The summed E-state index contributed by atoms with van der Waals surface area (Å²) in [6.07, 6.45) is 7.85. The molecule has 170 valence electrons. The topological polar surface area (TPSA) is 86.7 Å². The van der Waals surface area contributed by atoms with Gasteiger partial charge in [-0.25, -0.2) is 0 Å². The molecule has 1 aromatic rings. The highest BCUT2D eigenvalue weighted by Gasteiger charge is 2.53. The van der Waals surface area contributed by atoms with Gasteiger partial charge in [-0.3, -0.25) is 19.2 Å². The van der Waals surface area contributed by atoms with Gasteiger partial charge in [-0.15, -0.1) is 0 Å². The summed E-state index contributed by atoms with van der Waals surface area (Å²) < 4.78 is 11.7. The summed E-state index contributed by atoms with van der Waals surface area (Å²) in [5.74, 6) is -0.433. The van der Waals surface area contributed by atoms with Crippen LogP contribution >= 0.6 is 0 Å². The van der Waals surface area contributed by atoms with E-state index in [2.05, 4.69) is 0 Å². The second kappa shape index (κ2) is 8.13. The molecular weight excluding hydrogens is 408 g/mol. The number of ether oxygens (including phenoxy) is 2. The average molecular weight is 439 g/mol. The third-order valence-electron chi connectivity index (χ3n) is 7.87. The molecule has 5 rings (SSSR count). The minimum Gasteiger partial charge on any atom is -0.458 e. The Morgan fingerprint density at radius 3 is 1.97 bits per heavy atom. The third kappa shape index (κ3) is 4.00. The molecule has 0 spiro atoms. The Bertz CT molecular complexity index is 904. The zero-order chi connectivity index (χ0) is 22.3. The first kappa shape index (κ1) is 21.4. The Morgan fingerprint density at radius 1 is 0.750 bits per heavy atom. The lowest BCUT2D eigenvalue weighted by molar-refractivity contribution is -0.179. The van der Waals surface area contributed by atoms with Crippen LogP contribution in [0.3, 0.4) is 0 Å². The number of hydrogen-bond donors (Lipinski definition) is 0. The molecule has 0 radical (unpaired) electrons. The SMILES string of the molecule is O=C1CC(=O)OC(CCc2ccc(C3(C4CC4)CC(=O)CC(=O)O3)cc2)(C2CCCC2)C1. The lowest BCUT2D eigenvalue weighted by atomic mass is 9.76.